The third-order valence-electron chi connectivity index (χ3n) is 3.45. The SMILES string of the molecule is C=C(C)C(O)Cc1c(OC)c2cccc(OC)c2[nH]c1=O. The van der Waals surface area contributed by atoms with Gasteiger partial charge in [-0.3, -0.25) is 4.79 Å². The third-order valence-corrected chi connectivity index (χ3v) is 3.45. The molecule has 0 spiro atoms. The van der Waals surface area contributed by atoms with E-state index in [1.165, 1.54) is 14.2 Å². The number of nitrogens with one attached hydrogen (secondary N) is 1. The van der Waals surface area contributed by atoms with E-state index in [4.69, 9.17) is 9.47 Å². The number of methoxy groups -OCH3 is 2. The molecule has 0 aliphatic heterocycles. The summed E-state index contributed by atoms with van der Waals surface area (Å²) in [5.74, 6) is 1.02. The number of aliphatic hydroxyl groups is 1. The summed E-state index contributed by atoms with van der Waals surface area (Å²) >= 11 is 0. The molecule has 2 aromatic rings. The van der Waals surface area contributed by atoms with Gasteiger partial charge in [0.2, 0.25) is 0 Å². The average Bonchev–Trinajstić information content (AvgIpc) is 2.47. The summed E-state index contributed by atoms with van der Waals surface area (Å²) < 4.78 is 10.7. The Hall–Kier alpha value is -2.27. The Morgan fingerprint density at radius 1 is 1.38 bits per heavy atom. The summed E-state index contributed by atoms with van der Waals surface area (Å²) in [7, 11) is 3.04. The maximum Gasteiger partial charge on any atom is 0.255 e. The van der Waals surface area contributed by atoms with Crippen LogP contribution in [0, 0.1) is 0 Å². The highest BCUT2D eigenvalue weighted by atomic mass is 16.5. The predicted octanol–water partition coefficient (Wildman–Crippen LogP) is 2.02. The van der Waals surface area contributed by atoms with Crippen LogP contribution in [0.5, 0.6) is 11.5 Å². The standard InChI is InChI=1S/C16H19NO4/c1-9(2)12(18)8-11-15(21-4)10-6-5-7-13(20-3)14(10)17-16(11)19/h5-7,12,18H,1,8H2,2-4H3,(H,17,19). The third kappa shape index (κ3) is 2.78. The number of benzene rings is 1. The number of hydrogen-bond acceptors (Lipinski definition) is 4. The molecule has 2 N–H and O–H groups in total. The van der Waals surface area contributed by atoms with Crippen molar-refractivity contribution in [3.8, 4) is 11.5 Å². The second-order valence-corrected chi connectivity index (χ2v) is 4.92. The van der Waals surface area contributed by atoms with E-state index in [9.17, 15) is 9.90 Å². The molecule has 5 heteroatoms. The van der Waals surface area contributed by atoms with Crippen LogP contribution in [0.1, 0.15) is 12.5 Å². The topological polar surface area (TPSA) is 71.5 Å². The van der Waals surface area contributed by atoms with Crippen molar-refractivity contribution in [3.63, 3.8) is 0 Å². The lowest BCUT2D eigenvalue weighted by atomic mass is 10.0. The minimum absolute atomic E-state index is 0.154. The lowest BCUT2D eigenvalue weighted by molar-refractivity contribution is 0.210. The number of fused-ring (bicyclic) bond motifs is 1. The number of aromatic amines is 1. The first kappa shape index (κ1) is 15.1. The van der Waals surface area contributed by atoms with Crippen molar-refractivity contribution in [2.75, 3.05) is 14.2 Å². The maximum atomic E-state index is 12.3. The first-order valence-corrected chi connectivity index (χ1v) is 6.59. The van der Waals surface area contributed by atoms with Gasteiger partial charge in [0, 0.05) is 11.8 Å². The number of aliphatic hydroxyl groups excluding tert-OH is 1. The van der Waals surface area contributed by atoms with Gasteiger partial charge in [0.05, 0.1) is 31.4 Å². The molecule has 0 saturated carbocycles. The lowest BCUT2D eigenvalue weighted by Gasteiger charge is -2.15. The second kappa shape index (κ2) is 6.01. The van der Waals surface area contributed by atoms with E-state index in [1.54, 1.807) is 13.0 Å². The molecule has 0 amide bonds. The summed E-state index contributed by atoms with van der Waals surface area (Å²) in [6, 6.07) is 5.42. The minimum Gasteiger partial charge on any atom is -0.496 e. The number of hydrogen-bond donors (Lipinski definition) is 2. The summed E-state index contributed by atoms with van der Waals surface area (Å²) in [5.41, 5.74) is 1.27. The second-order valence-electron chi connectivity index (χ2n) is 4.92. The van der Waals surface area contributed by atoms with Crippen molar-refractivity contribution in [1.82, 2.24) is 4.98 Å². The number of rotatable bonds is 5. The van der Waals surface area contributed by atoms with Crippen LogP contribution in [0.2, 0.25) is 0 Å². The van der Waals surface area contributed by atoms with Gasteiger partial charge in [0.25, 0.3) is 5.56 Å². The van der Waals surface area contributed by atoms with Crippen LogP contribution in [-0.4, -0.2) is 30.4 Å². The highest BCUT2D eigenvalue weighted by Crippen LogP contribution is 2.32. The van der Waals surface area contributed by atoms with Gasteiger partial charge in [-0.2, -0.15) is 0 Å². The molecule has 0 aliphatic carbocycles. The lowest BCUT2D eigenvalue weighted by Crippen LogP contribution is -2.21. The van der Waals surface area contributed by atoms with Crippen molar-refractivity contribution >= 4 is 10.9 Å². The minimum atomic E-state index is -0.789. The van der Waals surface area contributed by atoms with Crippen molar-refractivity contribution in [2.45, 2.75) is 19.4 Å². The van der Waals surface area contributed by atoms with Crippen LogP contribution in [0.4, 0.5) is 0 Å². The van der Waals surface area contributed by atoms with E-state index in [0.717, 1.165) is 5.39 Å². The molecular weight excluding hydrogens is 270 g/mol. The van der Waals surface area contributed by atoms with Gasteiger partial charge in [-0.25, -0.2) is 0 Å². The van der Waals surface area contributed by atoms with E-state index in [2.05, 4.69) is 11.6 Å². The van der Waals surface area contributed by atoms with Crippen LogP contribution in [0.25, 0.3) is 10.9 Å². The van der Waals surface area contributed by atoms with Crippen molar-refractivity contribution in [1.29, 1.82) is 0 Å². The molecule has 21 heavy (non-hydrogen) atoms. The molecule has 112 valence electrons. The van der Waals surface area contributed by atoms with E-state index in [1.807, 2.05) is 12.1 Å². The van der Waals surface area contributed by atoms with Gasteiger partial charge in [-0.15, -0.1) is 0 Å². The first-order valence-electron chi connectivity index (χ1n) is 6.59. The average molecular weight is 289 g/mol. The number of H-pyrrole nitrogens is 1. The quantitative estimate of drug-likeness (QED) is 0.826. The fraction of sp³-hybridized carbons (Fsp3) is 0.312. The van der Waals surface area contributed by atoms with E-state index in [-0.39, 0.29) is 12.0 Å². The highest BCUT2D eigenvalue weighted by molar-refractivity contribution is 5.90. The number of ether oxygens (including phenoxy) is 2. The van der Waals surface area contributed by atoms with E-state index < -0.39 is 6.10 Å². The zero-order valence-electron chi connectivity index (χ0n) is 12.4. The number of aromatic nitrogens is 1. The largest absolute Gasteiger partial charge is 0.496 e. The molecule has 0 fully saturated rings. The van der Waals surface area contributed by atoms with Crippen LogP contribution in [-0.2, 0) is 6.42 Å². The predicted molar refractivity (Wildman–Crippen MR) is 82.2 cm³/mol. The molecule has 1 heterocycles. The summed E-state index contributed by atoms with van der Waals surface area (Å²) in [6.45, 7) is 5.42. The molecule has 2 rings (SSSR count). The number of para-hydroxylation sites is 1. The van der Waals surface area contributed by atoms with Crippen molar-refractivity contribution in [2.24, 2.45) is 0 Å². The Morgan fingerprint density at radius 2 is 2.10 bits per heavy atom. The molecule has 5 nitrogen and oxygen atoms in total. The van der Waals surface area contributed by atoms with Crippen LogP contribution < -0.4 is 15.0 Å². The molecule has 0 radical (unpaired) electrons. The monoisotopic (exact) mass is 289 g/mol. The molecule has 1 aromatic carbocycles. The zero-order chi connectivity index (χ0) is 15.6. The van der Waals surface area contributed by atoms with Crippen LogP contribution >= 0.6 is 0 Å². The van der Waals surface area contributed by atoms with Gasteiger partial charge in [0.1, 0.15) is 11.5 Å². The Balaban J connectivity index is 2.70. The van der Waals surface area contributed by atoms with E-state index in [0.29, 0.717) is 28.2 Å². The van der Waals surface area contributed by atoms with Crippen LogP contribution in [0.15, 0.2) is 35.1 Å². The smallest absolute Gasteiger partial charge is 0.255 e. The molecule has 1 aromatic heterocycles. The maximum absolute atomic E-state index is 12.3. The van der Waals surface area contributed by atoms with Gasteiger partial charge in [-0.05, 0) is 19.1 Å². The molecule has 0 aliphatic rings. The fourth-order valence-corrected chi connectivity index (χ4v) is 2.26. The van der Waals surface area contributed by atoms with Gasteiger partial charge >= 0.3 is 0 Å². The first-order chi connectivity index (χ1) is 9.99. The molecular formula is C16H19NO4. The Bertz CT molecular complexity index is 733. The Morgan fingerprint density at radius 3 is 2.67 bits per heavy atom. The molecule has 1 unspecified atom stereocenters. The summed E-state index contributed by atoms with van der Waals surface area (Å²) in [6.07, 6.45) is -0.635. The Kier molecular flexibility index (Phi) is 4.33. The van der Waals surface area contributed by atoms with E-state index >= 15 is 0 Å². The summed E-state index contributed by atoms with van der Waals surface area (Å²) in [4.78, 5) is 15.1. The zero-order valence-corrected chi connectivity index (χ0v) is 12.4. The highest BCUT2D eigenvalue weighted by Gasteiger charge is 2.18. The molecule has 0 saturated heterocycles. The van der Waals surface area contributed by atoms with Crippen molar-refractivity contribution in [3.05, 3.63) is 46.3 Å². The normalized spacial score (nSPS) is 12.2. The van der Waals surface area contributed by atoms with Gasteiger partial charge in [-0.1, -0.05) is 18.2 Å². The Labute approximate surface area is 122 Å². The van der Waals surface area contributed by atoms with Gasteiger partial charge in [0.15, 0.2) is 0 Å². The van der Waals surface area contributed by atoms with Crippen LogP contribution in [0.3, 0.4) is 0 Å². The molecule has 0 bridgehead atoms. The fourth-order valence-electron chi connectivity index (χ4n) is 2.26. The molecule has 1 atom stereocenters. The van der Waals surface area contributed by atoms with Crippen molar-refractivity contribution < 1.29 is 14.6 Å². The number of pyridine rings is 1. The summed E-state index contributed by atoms with van der Waals surface area (Å²) in [5, 5.41) is 10.7. The van der Waals surface area contributed by atoms with Gasteiger partial charge < -0.3 is 19.6 Å².